The van der Waals surface area contributed by atoms with Gasteiger partial charge in [-0.25, -0.2) is 26.6 Å². The van der Waals surface area contributed by atoms with Crippen molar-refractivity contribution in [3.8, 4) is 0 Å². The predicted octanol–water partition coefficient (Wildman–Crippen LogP) is 4.98. The van der Waals surface area contributed by atoms with Crippen LogP contribution in [0, 0.1) is 0 Å². The molecule has 0 fully saturated rings. The van der Waals surface area contributed by atoms with E-state index in [2.05, 4.69) is 15.6 Å². The molecule has 2 amide bonds. The number of ether oxygens (including phenoxy) is 1. The van der Waals surface area contributed by atoms with Crippen LogP contribution in [0.4, 0.5) is 11.4 Å². The molecule has 0 unspecified atom stereocenters. The van der Waals surface area contributed by atoms with Gasteiger partial charge in [0.1, 0.15) is 5.03 Å². The van der Waals surface area contributed by atoms with Crippen LogP contribution < -0.4 is 10.6 Å². The van der Waals surface area contributed by atoms with Crippen LogP contribution in [0.2, 0.25) is 10.0 Å². The van der Waals surface area contributed by atoms with Crippen molar-refractivity contribution in [2.45, 2.75) is 42.5 Å². The topological polar surface area (TPSA) is 172 Å². The number of carbonyl (C=O) groups excluding carboxylic acids is 3. The number of pyridine rings is 1. The van der Waals surface area contributed by atoms with Gasteiger partial charge in [-0.2, -0.15) is 8.61 Å². The van der Waals surface area contributed by atoms with E-state index in [0.29, 0.717) is 0 Å². The van der Waals surface area contributed by atoms with E-state index in [0.717, 1.165) is 11.8 Å². The molecule has 0 bridgehead atoms. The SMILES string of the molecule is CCN(CC)S(=O)(=O)c1ccc(Cl)c(NC(=O)COC(=O)c2cccnc2SCC(=O)Nc2cc(S(=O)(=O)N(CC)CC)ccc2Cl)c1. The Hall–Kier alpha value is -3.25. The molecule has 0 radical (unpaired) electrons. The van der Waals surface area contributed by atoms with E-state index >= 15 is 0 Å². The third kappa shape index (κ3) is 9.68. The second kappa shape index (κ2) is 17.4. The molecule has 0 spiro atoms. The molecule has 3 rings (SSSR count). The summed E-state index contributed by atoms with van der Waals surface area (Å²) in [6, 6.07) is 10.8. The Morgan fingerprint density at radius 3 is 1.73 bits per heavy atom. The first kappa shape index (κ1) is 39.2. The molecule has 2 aromatic carbocycles. The summed E-state index contributed by atoms with van der Waals surface area (Å²) in [4.78, 5) is 42.4. The number of hydrogen-bond donors (Lipinski definition) is 2. The minimum Gasteiger partial charge on any atom is -0.452 e. The number of benzene rings is 2. The first-order valence-electron chi connectivity index (χ1n) is 14.6. The monoisotopic (exact) mass is 759 g/mol. The Balaban J connectivity index is 1.64. The number of nitrogens with one attached hydrogen (secondary N) is 2. The summed E-state index contributed by atoms with van der Waals surface area (Å²) in [5.74, 6) is -2.46. The molecule has 0 atom stereocenters. The Morgan fingerprint density at radius 2 is 1.25 bits per heavy atom. The Bertz CT molecular complexity index is 1870. The highest BCUT2D eigenvalue weighted by Gasteiger charge is 2.25. The number of esters is 1. The lowest BCUT2D eigenvalue weighted by Crippen LogP contribution is -2.30. The maximum absolute atomic E-state index is 12.9. The molecule has 0 saturated heterocycles. The number of aromatic nitrogens is 1. The molecule has 48 heavy (non-hydrogen) atoms. The number of hydrogen-bond acceptors (Lipinski definition) is 10. The van der Waals surface area contributed by atoms with E-state index in [1.54, 1.807) is 27.7 Å². The van der Waals surface area contributed by atoms with Gasteiger partial charge in [-0.15, -0.1) is 0 Å². The molecular weight excluding hydrogens is 725 g/mol. The van der Waals surface area contributed by atoms with E-state index in [4.69, 9.17) is 27.9 Å². The zero-order chi connectivity index (χ0) is 35.6. The molecule has 13 nitrogen and oxygen atoms in total. The predicted molar refractivity (Wildman–Crippen MR) is 186 cm³/mol. The second-order valence-electron chi connectivity index (χ2n) is 9.78. The van der Waals surface area contributed by atoms with Gasteiger partial charge in [-0.05, 0) is 48.5 Å². The van der Waals surface area contributed by atoms with Gasteiger partial charge in [0.15, 0.2) is 6.61 Å². The quantitative estimate of drug-likeness (QED) is 0.150. The van der Waals surface area contributed by atoms with Crippen LogP contribution >= 0.6 is 35.0 Å². The molecule has 0 saturated carbocycles. The number of carbonyl (C=O) groups is 3. The lowest BCUT2D eigenvalue weighted by molar-refractivity contribution is -0.119. The number of sulfonamides is 2. The van der Waals surface area contributed by atoms with E-state index < -0.39 is 44.4 Å². The zero-order valence-corrected chi connectivity index (χ0v) is 30.5. The van der Waals surface area contributed by atoms with Crippen LogP contribution in [0.15, 0.2) is 69.5 Å². The fourth-order valence-electron chi connectivity index (χ4n) is 4.32. The minimum absolute atomic E-state index is 0.0150. The number of halogens is 2. The first-order valence-corrected chi connectivity index (χ1v) is 19.3. The molecule has 260 valence electrons. The van der Waals surface area contributed by atoms with E-state index in [9.17, 15) is 31.2 Å². The molecule has 1 heterocycles. The van der Waals surface area contributed by atoms with Crippen molar-refractivity contribution in [3.05, 3.63) is 70.3 Å². The van der Waals surface area contributed by atoms with Crippen LogP contribution in [-0.4, -0.2) is 86.8 Å². The first-order chi connectivity index (χ1) is 22.7. The average molecular weight is 761 g/mol. The highest BCUT2D eigenvalue weighted by atomic mass is 35.5. The molecule has 0 aliphatic carbocycles. The van der Waals surface area contributed by atoms with Gasteiger partial charge < -0.3 is 15.4 Å². The van der Waals surface area contributed by atoms with Crippen molar-refractivity contribution in [1.29, 1.82) is 0 Å². The van der Waals surface area contributed by atoms with Crippen LogP contribution in [0.5, 0.6) is 0 Å². The van der Waals surface area contributed by atoms with Crippen molar-refractivity contribution < 1.29 is 36.0 Å². The summed E-state index contributed by atoms with van der Waals surface area (Å²) in [6.07, 6.45) is 1.41. The molecule has 2 N–H and O–H groups in total. The van der Waals surface area contributed by atoms with Crippen molar-refractivity contribution in [2.24, 2.45) is 0 Å². The van der Waals surface area contributed by atoms with Crippen LogP contribution in [0.25, 0.3) is 0 Å². The maximum atomic E-state index is 12.9. The fraction of sp³-hybridized carbons (Fsp3) is 0.333. The third-order valence-electron chi connectivity index (χ3n) is 6.78. The maximum Gasteiger partial charge on any atom is 0.341 e. The number of nitrogens with zero attached hydrogens (tertiary/aromatic N) is 3. The van der Waals surface area contributed by atoms with Gasteiger partial charge in [0.05, 0.1) is 42.5 Å². The van der Waals surface area contributed by atoms with Crippen molar-refractivity contribution in [2.75, 3.05) is 49.2 Å². The summed E-state index contributed by atoms with van der Waals surface area (Å²) in [5.41, 5.74) is 0.100. The highest BCUT2D eigenvalue weighted by molar-refractivity contribution is 8.00. The van der Waals surface area contributed by atoms with Gasteiger partial charge in [0.25, 0.3) is 5.91 Å². The molecule has 1 aromatic heterocycles. The molecule has 18 heteroatoms. The van der Waals surface area contributed by atoms with Gasteiger partial charge in [-0.1, -0.05) is 62.7 Å². The standard InChI is InChI=1S/C30H35Cl2N5O8S3/c1-5-36(6-2)47(41,42)20-11-13-23(31)25(16-20)34-27(38)18-45-30(40)22-10-9-15-33-29(22)46-19-28(39)35-26-17-21(12-14-24(26)32)48(43,44)37(7-3)8-4/h9-17H,5-8,18-19H2,1-4H3,(H,34,38)(H,35,39). The van der Waals surface area contributed by atoms with Crippen LogP contribution in [-0.2, 0) is 34.4 Å². The second-order valence-corrected chi connectivity index (χ2v) is 15.4. The molecule has 0 aliphatic rings. The van der Waals surface area contributed by atoms with Gasteiger partial charge in [0.2, 0.25) is 26.0 Å². The molecular formula is C30H35Cl2N5O8S3. The van der Waals surface area contributed by atoms with Crippen molar-refractivity contribution in [3.63, 3.8) is 0 Å². The Kier molecular flexibility index (Phi) is 14.2. The number of thioether (sulfide) groups is 1. The zero-order valence-electron chi connectivity index (χ0n) is 26.5. The Morgan fingerprint density at radius 1 is 0.771 bits per heavy atom. The number of anilines is 2. The van der Waals surface area contributed by atoms with Gasteiger partial charge >= 0.3 is 5.97 Å². The van der Waals surface area contributed by atoms with Gasteiger partial charge in [0, 0.05) is 32.4 Å². The molecule has 0 aliphatic heterocycles. The highest BCUT2D eigenvalue weighted by Crippen LogP contribution is 2.29. The fourth-order valence-corrected chi connectivity index (χ4v) is 8.40. The van der Waals surface area contributed by atoms with Crippen LogP contribution in [0.1, 0.15) is 38.1 Å². The number of amides is 2. The lowest BCUT2D eigenvalue weighted by Gasteiger charge is -2.19. The Labute approximate surface area is 294 Å². The van der Waals surface area contributed by atoms with Gasteiger partial charge in [-0.3, -0.25) is 9.59 Å². The lowest BCUT2D eigenvalue weighted by atomic mass is 10.3. The summed E-state index contributed by atoms with van der Waals surface area (Å²) in [5, 5.41) is 5.39. The minimum atomic E-state index is -3.82. The van der Waals surface area contributed by atoms with Crippen molar-refractivity contribution in [1.82, 2.24) is 13.6 Å². The summed E-state index contributed by atoms with van der Waals surface area (Å²) >= 11 is 13.3. The van der Waals surface area contributed by atoms with Crippen molar-refractivity contribution >= 4 is 84.2 Å². The van der Waals surface area contributed by atoms with E-state index in [-0.39, 0.29) is 73.7 Å². The largest absolute Gasteiger partial charge is 0.452 e. The smallest absolute Gasteiger partial charge is 0.341 e. The normalized spacial score (nSPS) is 11.8. The van der Waals surface area contributed by atoms with E-state index in [1.165, 1.54) is 63.3 Å². The van der Waals surface area contributed by atoms with E-state index in [1.807, 2.05) is 0 Å². The number of rotatable bonds is 16. The third-order valence-corrected chi connectivity index (χ3v) is 12.5. The summed E-state index contributed by atoms with van der Waals surface area (Å²) in [7, 11) is -7.62. The summed E-state index contributed by atoms with van der Waals surface area (Å²) in [6.45, 7) is 7.16. The molecule has 3 aromatic rings. The average Bonchev–Trinajstić information content (AvgIpc) is 3.05. The van der Waals surface area contributed by atoms with Crippen LogP contribution in [0.3, 0.4) is 0 Å². The summed E-state index contributed by atoms with van der Waals surface area (Å²) < 4.78 is 59.3.